The van der Waals surface area contributed by atoms with E-state index in [4.69, 9.17) is 0 Å². The molecule has 0 aromatic carbocycles. The van der Waals surface area contributed by atoms with Crippen LogP contribution in [-0.2, 0) is 9.59 Å². The fraction of sp³-hybridized carbons (Fsp3) is 0.700. The highest BCUT2D eigenvalue weighted by Gasteiger charge is 2.58. The van der Waals surface area contributed by atoms with Crippen molar-refractivity contribution in [2.75, 3.05) is 0 Å². The monoisotopic (exact) mass is 332 g/mol. The molecule has 0 aromatic rings. The summed E-state index contributed by atoms with van der Waals surface area (Å²) in [4.78, 5) is 24.6. The zero-order valence-electron chi connectivity index (χ0n) is 15.1. The molecular weight excluding hydrogens is 304 g/mol. The van der Waals surface area contributed by atoms with Crippen LogP contribution in [0.25, 0.3) is 0 Å². The van der Waals surface area contributed by atoms with Gasteiger partial charge in [-0.05, 0) is 68.9 Å². The van der Waals surface area contributed by atoms with Crippen molar-refractivity contribution < 1.29 is 19.8 Å². The molecule has 132 valence electrons. The van der Waals surface area contributed by atoms with Gasteiger partial charge in [0.2, 0.25) is 0 Å². The van der Waals surface area contributed by atoms with Crippen molar-refractivity contribution in [3.8, 4) is 0 Å². The van der Waals surface area contributed by atoms with Crippen molar-refractivity contribution in [2.45, 2.75) is 65.4 Å². The van der Waals surface area contributed by atoms with Crippen LogP contribution in [0.15, 0.2) is 23.3 Å². The van der Waals surface area contributed by atoms with Gasteiger partial charge in [0.25, 0.3) is 0 Å². The standard InChI is InChI=1S/C20H28O4/c1-18(2,24)14-10-12-6-7-16-19(3,13(12)11-15(14)21)8-5-9-20(16,4)17(22)23/h6,10,13,16,24H,5,7-9,11H2,1-4H3,(H,22,23)/t13-,16-,19-,20-/m1/s1. The van der Waals surface area contributed by atoms with E-state index in [1.54, 1.807) is 13.8 Å². The van der Waals surface area contributed by atoms with E-state index in [0.29, 0.717) is 18.4 Å². The highest BCUT2D eigenvalue weighted by Crippen LogP contribution is 2.61. The van der Waals surface area contributed by atoms with Gasteiger partial charge in [-0.25, -0.2) is 0 Å². The summed E-state index contributed by atoms with van der Waals surface area (Å²) in [5, 5.41) is 20.1. The molecule has 0 bridgehead atoms. The van der Waals surface area contributed by atoms with Gasteiger partial charge in [-0.1, -0.05) is 19.4 Å². The lowest BCUT2D eigenvalue weighted by molar-refractivity contribution is -0.162. The van der Waals surface area contributed by atoms with E-state index < -0.39 is 17.0 Å². The van der Waals surface area contributed by atoms with Gasteiger partial charge in [0, 0.05) is 12.0 Å². The summed E-state index contributed by atoms with van der Waals surface area (Å²) in [5.74, 6) is -0.608. The predicted octanol–water partition coefficient (Wildman–Crippen LogP) is 3.50. The Morgan fingerprint density at radius 1 is 1.29 bits per heavy atom. The van der Waals surface area contributed by atoms with Crippen molar-refractivity contribution in [3.05, 3.63) is 23.3 Å². The molecule has 3 aliphatic carbocycles. The Morgan fingerprint density at radius 3 is 2.54 bits per heavy atom. The summed E-state index contributed by atoms with van der Waals surface area (Å²) in [6.07, 6.45) is 7.64. The van der Waals surface area contributed by atoms with Crippen LogP contribution in [0, 0.1) is 22.7 Å². The number of hydrogen-bond donors (Lipinski definition) is 2. The Morgan fingerprint density at radius 2 is 1.96 bits per heavy atom. The maximum absolute atomic E-state index is 12.6. The molecule has 4 nitrogen and oxygen atoms in total. The van der Waals surface area contributed by atoms with E-state index in [1.807, 2.05) is 13.0 Å². The first-order valence-electron chi connectivity index (χ1n) is 8.91. The molecular formula is C20H28O4. The first kappa shape index (κ1) is 17.4. The van der Waals surface area contributed by atoms with Gasteiger partial charge < -0.3 is 10.2 Å². The lowest BCUT2D eigenvalue weighted by Gasteiger charge is -2.56. The SMILES string of the molecule is CC(C)(O)C1=CC2=CC[C@@H]3[C@](C)(CCC[C@@]3(C)C(=O)O)[C@@H]2CC1=O. The van der Waals surface area contributed by atoms with Crippen molar-refractivity contribution in [3.63, 3.8) is 0 Å². The summed E-state index contributed by atoms with van der Waals surface area (Å²) < 4.78 is 0. The Bertz CT molecular complexity index is 651. The van der Waals surface area contributed by atoms with E-state index in [0.717, 1.165) is 24.8 Å². The zero-order valence-corrected chi connectivity index (χ0v) is 15.1. The number of rotatable bonds is 2. The Hall–Kier alpha value is -1.42. The third-order valence-corrected chi connectivity index (χ3v) is 6.91. The van der Waals surface area contributed by atoms with Crippen LogP contribution in [0.2, 0.25) is 0 Å². The number of Topliss-reactive ketones (excluding diaryl/α,β-unsaturated/α-hetero) is 1. The molecule has 0 saturated heterocycles. The Kier molecular flexibility index (Phi) is 3.83. The molecule has 1 fully saturated rings. The number of allylic oxidation sites excluding steroid dienone is 3. The van der Waals surface area contributed by atoms with Crippen LogP contribution in [0.1, 0.15) is 59.8 Å². The van der Waals surface area contributed by atoms with Crippen LogP contribution in [-0.4, -0.2) is 27.6 Å². The topological polar surface area (TPSA) is 74.6 Å². The largest absolute Gasteiger partial charge is 0.481 e. The maximum Gasteiger partial charge on any atom is 0.309 e. The number of carbonyl (C=O) groups excluding carboxylic acids is 1. The highest BCUT2D eigenvalue weighted by atomic mass is 16.4. The molecule has 1 saturated carbocycles. The van der Waals surface area contributed by atoms with Crippen molar-refractivity contribution >= 4 is 11.8 Å². The van der Waals surface area contributed by atoms with Crippen molar-refractivity contribution in [2.24, 2.45) is 22.7 Å². The molecule has 0 unspecified atom stereocenters. The van der Waals surface area contributed by atoms with Gasteiger partial charge in [-0.15, -0.1) is 0 Å². The number of carboxylic acids is 1. The number of aliphatic hydroxyl groups is 1. The molecule has 0 spiro atoms. The molecule has 4 atom stereocenters. The minimum absolute atomic E-state index is 0.00544. The molecule has 0 aliphatic heterocycles. The average Bonchev–Trinajstić information content (AvgIpc) is 2.46. The second-order valence-electron chi connectivity index (χ2n) is 8.87. The van der Waals surface area contributed by atoms with Crippen LogP contribution in [0.3, 0.4) is 0 Å². The predicted molar refractivity (Wildman–Crippen MR) is 91.4 cm³/mol. The molecule has 4 heteroatoms. The molecule has 24 heavy (non-hydrogen) atoms. The summed E-state index contributed by atoms with van der Waals surface area (Å²) in [6.45, 7) is 7.34. The molecule has 0 heterocycles. The smallest absolute Gasteiger partial charge is 0.309 e. The molecule has 2 N–H and O–H groups in total. The molecule has 3 rings (SSSR count). The second kappa shape index (κ2) is 5.29. The van der Waals surface area contributed by atoms with E-state index in [9.17, 15) is 19.8 Å². The van der Waals surface area contributed by atoms with Gasteiger partial charge in [0.15, 0.2) is 5.78 Å². The first-order valence-corrected chi connectivity index (χ1v) is 8.91. The summed E-state index contributed by atoms with van der Waals surface area (Å²) >= 11 is 0. The van der Waals surface area contributed by atoms with Gasteiger partial charge >= 0.3 is 5.97 Å². The number of carboxylic acid groups (broad SMARTS) is 1. The quantitative estimate of drug-likeness (QED) is 0.811. The van der Waals surface area contributed by atoms with Gasteiger partial charge in [-0.2, -0.15) is 0 Å². The minimum atomic E-state index is -1.14. The number of ketones is 1. The number of aliphatic carboxylic acids is 1. The first-order chi connectivity index (χ1) is 11.0. The minimum Gasteiger partial charge on any atom is -0.481 e. The second-order valence-corrected chi connectivity index (χ2v) is 8.87. The van der Waals surface area contributed by atoms with Crippen LogP contribution in [0.5, 0.6) is 0 Å². The van der Waals surface area contributed by atoms with Crippen LogP contribution in [0.4, 0.5) is 0 Å². The van der Waals surface area contributed by atoms with E-state index in [1.165, 1.54) is 0 Å². The Balaban J connectivity index is 2.06. The number of carbonyl (C=O) groups is 2. The molecule has 0 radical (unpaired) electrons. The highest BCUT2D eigenvalue weighted by molar-refractivity contribution is 5.99. The van der Waals surface area contributed by atoms with Crippen molar-refractivity contribution in [1.29, 1.82) is 0 Å². The zero-order chi connectivity index (χ0) is 17.9. The lowest BCUT2D eigenvalue weighted by atomic mass is 9.46. The molecule has 0 amide bonds. The van der Waals surface area contributed by atoms with Crippen LogP contribution >= 0.6 is 0 Å². The van der Waals surface area contributed by atoms with Gasteiger partial charge in [0.1, 0.15) is 0 Å². The number of hydrogen-bond acceptors (Lipinski definition) is 3. The molecule has 0 aromatic heterocycles. The average molecular weight is 332 g/mol. The van der Waals surface area contributed by atoms with Gasteiger partial charge in [-0.3, -0.25) is 9.59 Å². The van der Waals surface area contributed by atoms with Crippen LogP contribution < -0.4 is 0 Å². The normalized spacial score (nSPS) is 39.5. The molecule has 3 aliphatic rings. The van der Waals surface area contributed by atoms with E-state index in [-0.39, 0.29) is 23.0 Å². The van der Waals surface area contributed by atoms with Gasteiger partial charge in [0.05, 0.1) is 11.0 Å². The van der Waals surface area contributed by atoms with E-state index in [2.05, 4.69) is 13.0 Å². The van der Waals surface area contributed by atoms with E-state index >= 15 is 0 Å². The number of fused-ring (bicyclic) bond motifs is 3. The summed E-state index contributed by atoms with van der Waals surface area (Å²) in [5.41, 5.74) is -0.447. The third-order valence-electron chi connectivity index (χ3n) is 6.91. The Labute approximate surface area is 143 Å². The van der Waals surface area contributed by atoms with Crippen molar-refractivity contribution in [1.82, 2.24) is 0 Å². The summed E-state index contributed by atoms with van der Waals surface area (Å²) in [6, 6.07) is 0. The fourth-order valence-corrected chi connectivity index (χ4v) is 5.46. The lowest BCUT2D eigenvalue weighted by Crippen LogP contribution is -2.53. The third kappa shape index (κ3) is 2.38. The fourth-order valence-electron chi connectivity index (χ4n) is 5.46. The summed E-state index contributed by atoms with van der Waals surface area (Å²) in [7, 11) is 0. The maximum atomic E-state index is 12.6.